The van der Waals surface area contributed by atoms with E-state index in [0.29, 0.717) is 25.1 Å². The summed E-state index contributed by atoms with van der Waals surface area (Å²) in [5.41, 5.74) is 1.51. The van der Waals surface area contributed by atoms with Crippen LogP contribution >= 0.6 is 0 Å². The van der Waals surface area contributed by atoms with Crippen molar-refractivity contribution in [2.24, 2.45) is 0 Å². The minimum atomic E-state index is -2.90. The number of benzene rings is 1. The highest BCUT2D eigenvalue weighted by Gasteiger charge is 2.20. The molecule has 5 nitrogen and oxygen atoms in total. The minimum absolute atomic E-state index is 0.202. The summed E-state index contributed by atoms with van der Waals surface area (Å²) in [6.45, 7) is 1.88. The smallest absolute Gasteiger partial charge is 0.151 e. The molecule has 0 unspecified atom stereocenters. The van der Waals surface area contributed by atoms with Crippen molar-refractivity contribution in [3.63, 3.8) is 0 Å². The second-order valence-corrected chi connectivity index (χ2v) is 7.22. The summed E-state index contributed by atoms with van der Waals surface area (Å²) >= 11 is 0. The normalized spacial score (nSPS) is 19.0. The molecule has 0 amide bonds. The van der Waals surface area contributed by atoms with Crippen LogP contribution in [0.25, 0.3) is 0 Å². The van der Waals surface area contributed by atoms with Gasteiger partial charge in [-0.3, -0.25) is 4.90 Å². The van der Waals surface area contributed by atoms with Crippen LogP contribution in [-0.4, -0.2) is 45.0 Å². The number of nitrogens with zero attached hydrogens (tertiary/aromatic N) is 2. The molecule has 1 aromatic rings. The van der Waals surface area contributed by atoms with Gasteiger partial charge in [0.2, 0.25) is 0 Å². The average molecular weight is 294 g/mol. The molecule has 0 aromatic heterocycles. The van der Waals surface area contributed by atoms with E-state index in [2.05, 4.69) is 11.0 Å². The zero-order valence-electron chi connectivity index (χ0n) is 11.5. The van der Waals surface area contributed by atoms with E-state index in [9.17, 15) is 8.42 Å². The predicted molar refractivity (Wildman–Crippen MR) is 76.3 cm³/mol. The van der Waals surface area contributed by atoms with Crippen molar-refractivity contribution in [3.05, 3.63) is 29.3 Å². The molecule has 0 bridgehead atoms. The van der Waals surface area contributed by atoms with Crippen LogP contribution in [0.1, 0.15) is 17.5 Å². The Bertz CT molecular complexity index is 620. The van der Waals surface area contributed by atoms with Gasteiger partial charge in [0.25, 0.3) is 0 Å². The zero-order valence-corrected chi connectivity index (χ0v) is 12.3. The molecule has 1 aliphatic rings. The molecule has 0 spiro atoms. The molecule has 6 heteroatoms. The molecular formula is C14H18N2O3S. The Morgan fingerprint density at radius 2 is 2.15 bits per heavy atom. The van der Waals surface area contributed by atoms with Crippen LogP contribution in [0.3, 0.4) is 0 Å². The van der Waals surface area contributed by atoms with Crippen molar-refractivity contribution >= 4 is 9.84 Å². The van der Waals surface area contributed by atoms with Crippen molar-refractivity contribution < 1.29 is 13.2 Å². The summed E-state index contributed by atoms with van der Waals surface area (Å²) in [6.07, 6.45) is 0.655. The number of methoxy groups -OCH3 is 1. The Labute approximate surface area is 119 Å². The molecular weight excluding hydrogens is 276 g/mol. The molecule has 0 aliphatic carbocycles. The van der Waals surface area contributed by atoms with E-state index in [-0.39, 0.29) is 11.5 Å². The van der Waals surface area contributed by atoms with Crippen LogP contribution in [-0.2, 0) is 16.4 Å². The van der Waals surface area contributed by atoms with E-state index in [1.807, 2.05) is 0 Å². The van der Waals surface area contributed by atoms with Crippen LogP contribution in [0.5, 0.6) is 5.75 Å². The van der Waals surface area contributed by atoms with Crippen LogP contribution in [0.2, 0.25) is 0 Å². The summed E-state index contributed by atoms with van der Waals surface area (Å²) < 4.78 is 28.5. The zero-order chi connectivity index (χ0) is 14.6. The maximum atomic E-state index is 11.6. The lowest BCUT2D eigenvalue weighted by Crippen LogP contribution is -2.26. The molecule has 1 saturated heterocycles. The molecule has 0 atom stereocenters. The van der Waals surface area contributed by atoms with Crippen LogP contribution in [0.4, 0.5) is 0 Å². The third-order valence-corrected chi connectivity index (χ3v) is 5.17. The maximum absolute atomic E-state index is 11.6. The largest absolute Gasteiger partial charge is 0.496 e. The first-order chi connectivity index (χ1) is 9.54. The second kappa shape index (κ2) is 6.25. The van der Waals surface area contributed by atoms with Gasteiger partial charge in [-0.05, 0) is 31.2 Å². The SMILES string of the molecule is COc1ccc(C#N)cc1CN1CCCS(=O)(=O)CC1. The van der Waals surface area contributed by atoms with Crippen molar-refractivity contribution in [2.45, 2.75) is 13.0 Å². The quantitative estimate of drug-likeness (QED) is 0.837. The molecule has 0 radical (unpaired) electrons. The van der Waals surface area contributed by atoms with Gasteiger partial charge < -0.3 is 4.74 Å². The van der Waals surface area contributed by atoms with Crippen molar-refractivity contribution in [3.8, 4) is 11.8 Å². The first-order valence-electron chi connectivity index (χ1n) is 6.54. The molecule has 2 rings (SSSR count). The molecule has 1 fully saturated rings. The number of ether oxygens (including phenoxy) is 1. The van der Waals surface area contributed by atoms with E-state index >= 15 is 0 Å². The van der Waals surface area contributed by atoms with Crippen molar-refractivity contribution in [1.82, 2.24) is 4.90 Å². The highest BCUT2D eigenvalue weighted by molar-refractivity contribution is 7.91. The number of rotatable bonds is 3. The van der Waals surface area contributed by atoms with E-state index in [1.165, 1.54) is 0 Å². The van der Waals surface area contributed by atoms with Crippen molar-refractivity contribution in [2.75, 3.05) is 31.7 Å². The van der Waals surface area contributed by atoms with Crippen LogP contribution in [0, 0.1) is 11.3 Å². The molecule has 1 aliphatic heterocycles. The third kappa shape index (κ3) is 3.71. The maximum Gasteiger partial charge on any atom is 0.151 e. The predicted octanol–water partition coefficient (Wildman–Crippen LogP) is 1.19. The van der Waals surface area contributed by atoms with Gasteiger partial charge in [-0.25, -0.2) is 8.42 Å². The molecule has 0 N–H and O–H groups in total. The fourth-order valence-electron chi connectivity index (χ4n) is 2.36. The summed E-state index contributed by atoms with van der Waals surface area (Å²) in [4.78, 5) is 2.10. The van der Waals surface area contributed by atoms with Gasteiger partial charge in [0.15, 0.2) is 9.84 Å². The fraction of sp³-hybridized carbons (Fsp3) is 0.500. The highest BCUT2D eigenvalue weighted by Crippen LogP contribution is 2.22. The number of hydrogen-bond acceptors (Lipinski definition) is 5. The van der Waals surface area contributed by atoms with Gasteiger partial charge in [0.05, 0.1) is 30.2 Å². The first-order valence-corrected chi connectivity index (χ1v) is 8.36. The van der Waals surface area contributed by atoms with Crippen LogP contribution < -0.4 is 4.74 Å². The Morgan fingerprint density at radius 3 is 2.85 bits per heavy atom. The standard InChI is InChI=1S/C14H18N2O3S/c1-19-14-4-3-12(10-15)9-13(14)11-16-5-2-7-20(17,18)8-6-16/h3-4,9H,2,5-8,11H2,1H3. The van der Waals surface area contributed by atoms with Crippen molar-refractivity contribution in [1.29, 1.82) is 5.26 Å². The minimum Gasteiger partial charge on any atom is -0.496 e. The summed E-state index contributed by atoms with van der Waals surface area (Å²) in [7, 11) is -1.30. The average Bonchev–Trinajstić information content (AvgIpc) is 2.60. The summed E-state index contributed by atoms with van der Waals surface area (Å²) in [5, 5.41) is 8.96. The molecule has 1 aromatic carbocycles. The lowest BCUT2D eigenvalue weighted by molar-refractivity contribution is 0.281. The number of nitriles is 1. The molecule has 108 valence electrons. The fourth-order valence-corrected chi connectivity index (χ4v) is 3.67. The molecule has 1 heterocycles. The van der Waals surface area contributed by atoms with Crippen LogP contribution in [0.15, 0.2) is 18.2 Å². The van der Waals surface area contributed by atoms with Gasteiger partial charge in [-0.2, -0.15) is 5.26 Å². The topological polar surface area (TPSA) is 70.4 Å². The van der Waals surface area contributed by atoms with E-state index in [4.69, 9.17) is 10.00 Å². The molecule has 0 saturated carbocycles. The Kier molecular flexibility index (Phi) is 4.63. The van der Waals surface area contributed by atoms with Gasteiger partial charge in [-0.1, -0.05) is 0 Å². The Hall–Kier alpha value is -1.58. The van der Waals surface area contributed by atoms with E-state index in [1.54, 1.807) is 25.3 Å². The third-order valence-electron chi connectivity index (χ3n) is 3.45. The lowest BCUT2D eigenvalue weighted by Gasteiger charge is -2.20. The van der Waals surface area contributed by atoms with Gasteiger partial charge in [-0.15, -0.1) is 0 Å². The first kappa shape index (κ1) is 14.8. The number of hydrogen-bond donors (Lipinski definition) is 0. The molecule has 20 heavy (non-hydrogen) atoms. The van der Waals surface area contributed by atoms with E-state index < -0.39 is 9.84 Å². The lowest BCUT2D eigenvalue weighted by atomic mass is 10.1. The van der Waals surface area contributed by atoms with Gasteiger partial charge in [0, 0.05) is 18.7 Å². The highest BCUT2D eigenvalue weighted by atomic mass is 32.2. The Balaban J connectivity index is 2.15. The monoisotopic (exact) mass is 294 g/mol. The van der Waals surface area contributed by atoms with E-state index in [0.717, 1.165) is 17.9 Å². The van der Waals surface area contributed by atoms with Gasteiger partial charge >= 0.3 is 0 Å². The Morgan fingerprint density at radius 1 is 1.35 bits per heavy atom. The second-order valence-electron chi connectivity index (χ2n) is 4.92. The van der Waals surface area contributed by atoms with Gasteiger partial charge in [0.1, 0.15) is 5.75 Å². The number of sulfone groups is 1. The summed E-state index contributed by atoms with van der Waals surface area (Å²) in [6, 6.07) is 7.41. The summed E-state index contributed by atoms with van der Waals surface area (Å²) in [5.74, 6) is 1.20.